The Kier molecular flexibility index (Phi) is 4.62. The Morgan fingerprint density at radius 1 is 1.17 bits per heavy atom. The van der Waals surface area contributed by atoms with Crippen LogP contribution in [0.5, 0.6) is 0 Å². The molecule has 0 saturated heterocycles. The van der Waals surface area contributed by atoms with Crippen molar-refractivity contribution in [1.29, 1.82) is 0 Å². The Labute approximate surface area is 138 Å². The summed E-state index contributed by atoms with van der Waals surface area (Å²) in [5, 5.41) is 13.4. The molecule has 0 radical (unpaired) electrons. The molecule has 2 aromatic rings. The van der Waals surface area contributed by atoms with Gasteiger partial charge in [-0.1, -0.05) is 12.1 Å². The Hall–Kier alpha value is -2.34. The lowest BCUT2D eigenvalue weighted by molar-refractivity contribution is -0.384. The number of anilines is 1. The van der Waals surface area contributed by atoms with Crippen LogP contribution in [0.4, 0.5) is 11.4 Å². The quantitative estimate of drug-likeness (QED) is 0.514. The molecule has 0 heterocycles. The Balaban J connectivity index is 1.57. The van der Waals surface area contributed by atoms with Crippen molar-refractivity contribution in [2.45, 2.75) is 24.2 Å². The molecule has 2 aromatic carbocycles. The van der Waals surface area contributed by atoms with Gasteiger partial charge in [0.1, 0.15) is 0 Å². The molecule has 0 saturated carbocycles. The van der Waals surface area contributed by atoms with E-state index >= 15 is 0 Å². The molecule has 3 rings (SSSR count). The lowest BCUT2D eigenvalue weighted by Crippen LogP contribution is -2.14. The van der Waals surface area contributed by atoms with Crippen LogP contribution in [0.25, 0.3) is 0 Å². The first kappa shape index (κ1) is 15.6. The molecule has 118 valence electrons. The number of aryl methyl sites for hydroxylation is 2. The molecular weight excluding hydrogens is 312 g/mol. The van der Waals surface area contributed by atoms with Crippen LogP contribution in [0.2, 0.25) is 0 Å². The van der Waals surface area contributed by atoms with Gasteiger partial charge in [0.2, 0.25) is 5.91 Å². The summed E-state index contributed by atoms with van der Waals surface area (Å²) in [6.07, 6.45) is 3.47. The first-order valence-electron chi connectivity index (χ1n) is 7.41. The van der Waals surface area contributed by atoms with Gasteiger partial charge in [-0.05, 0) is 48.6 Å². The highest BCUT2D eigenvalue weighted by Crippen LogP contribution is 2.27. The smallest absolute Gasteiger partial charge is 0.271 e. The number of amides is 1. The molecule has 1 amide bonds. The molecule has 1 aliphatic carbocycles. The summed E-state index contributed by atoms with van der Waals surface area (Å²) in [4.78, 5) is 23.3. The molecule has 5 nitrogen and oxygen atoms in total. The van der Waals surface area contributed by atoms with Gasteiger partial charge in [0.05, 0.1) is 10.7 Å². The van der Waals surface area contributed by atoms with Crippen LogP contribution in [0.15, 0.2) is 47.4 Å². The summed E-state index contributed by atoms with van der Waals surface area (Å²) in [5.41, 5.74) is 3.21. The lowest BCUT2D eigenvalue weighted by atomic mass is 10.1. The zero-order valence-corrected chi connectivity index (χ0v) is 13.3. The number of benzene rings is 2. The van der Waals surface area contributed by atoms with Gasteiger partial charge >= 0.3 is 0 Å². The number of nitro groups is 1. The lowest BCUT2D eigenvalue weighted by Gasteiger charge is -2.06. The van der Waals surface area contributed by atoms with E-state index in [1.807, 2.05) is 0 Å². The second kappa shape index (κ2) is 6.83. The third kappa shape index (κ3) is 3.90. The van der Waals surface area contributed by atoms with Crippen molar-refractivity contribution < 1.29 is 9.72 Å². The summed E-state index contributed by atoms with van der Waals surface area (Å²) in [6, 6.07) is 12.3. The minimum atomic E-state index is -0.477. The molecule has 0 aromatic heterocycles. The van der Waals surface area contributed by atoms with E-state index in [9.17, 15) is 14.9 Å². The number of fused-ring (bicyclic) bond motifs is 1. The molecule has 0 atom stereocenters. The molecular formula is C17H16N2O3S. The first-order valence-corrected chi connectivity index (χ1v) is 8.39. The molecule has 0 spiro atoms. The minimum Gasteiger partial charge on any atom is -0.325 e. The largest absolute Gasteiger partial charge is 0.325 e. The van der Waals surface area contributed by atoms with E-state index in [4.69, 9.17) is 0 Å². The molecule has 1 aliphatic rings. The fraction of sp³-hybridized carbons (Fsp3) is 0.235. The number of thioether (sulfide) groups is 1. The van der Waals surface area contributed by atoms with Gasteiger partial charge in [-0.25, -0.2) is 0 Å². The van der Waals surface area contributed by atoms with Crippen molar-refractivity contribution in [3.63, 3.8) is 0 Å². The number of nitrogens with zero attached hydrogens (tertiary/aromatic N) is 1. The predicted octanol–water partition coefficient (Wildman–Crippen LogP) is 3.81. The zero-order valence-electron chi connectivity index (χ0n) is 12.5. The molecule has 0 bridgehead atoms. The van der Waals surface area contributed by atoms with Crippen LogP contribution in [0.3, 0.4) is 0 Å². The van der Waals surface area contributed by atoms with Gasteiger partial charge < -0.3 is 5.32 Å². The van der Waals surface area contributed by atoms with Crippen molar-refractivity contribution in [2.75, 3.05) is 11.1 Å². The monoisotopic (exact) mass is 328 g/mol. The first-order chi connectivity index (χ1) is 11.1. The highest BCUT2D eigenvalue weighted by molar-refractivity contribution is 8.00. The minimum absolute atomic E-state index is 0.0333. The van der Waals surface area contributed by atoms with Gasteiger partial charge in [-0.15, -0.1) is 11.8 Å². The maximum Gasteiger partial charge on any atom is 0.271 e. The number of nitro benzene ring substituents is 1. The van der Waals surface area contributed by atoms with E-state index in [1.54, 1.807) is 12.1 Å². The van der Waals surface area contributed by atoms with Gasteiger partial charge in [0.15, 0.2) is 0 Å². The van der Waals surface area contributed by atoms with Crippen LogP contribution in [0, 0.1) is 10.1 Å². The molecule has 0 aliphatic heterocycles. The highest BCUT2D eigenvalue weighted by atomic mass is 32.2. The van der Waals surface area contributed by atoms with E-state index in [1.165, 1.54) is 41.4 Å². The fourth-order valence-corrected chi connectivity index (χ4v) is 3.44. The van der Waals surface area contributed by atoms with Gasteiger partial charge in [0.25, 0.3) is 5.69 Å². The Morgan fingerprint density at radius 2 is 2.00 bits per heavy atom. The van der Waals surface area contributed by atoms with Crippen molar-refractivity contribution in [3.8, 4) is 0 Å². The summed E-state index contributed by atoms with van der Waals surface area (Å²) in [6.45, 7) is 0. The second-order valence-corrected chi connectivity index (χ2v) is 6.48. The Bertz CT molecular complexity index is 761. The topological polar surface area (TPSA) is 72.2 Å². The Morgan fingerprint density at radius 3 is 2.83 bits per heavy atom. The average Bonchev–Trinajstić information content (AvgIpc) is 3.01. The maximum absolute atomic E-state index is 12.0. The van der Waals surface area contributed by atoms with Gasteiger partial charge in [-0.2, -0.15) is 0 Å². The summed E-state index contributed by atoms with van der Waals surface area (Å²) < 4.78 is 0. The fourth-order valence-electron chi connectivity index (χ4n) is 2.68. The predicted molar refractivity (Wildman–Crippen MR) is 90.9 cm³/mol. The van der Waals surface area contributed by atoms with E-state index in [0.717, 1.165) is 17.7 Å². The number of rotatable bonds is 5. The molecule has 0 unspecified atom stereocenters. The number of hydrogen-bond donors (Lipinski definition) is 1. The maximum atomic E-state index is 12.0. The summed E-state index contributed by atoms with van der Waals surface area (Å²) in [7, 11) is 0. The number of carbonyl (C=O) groups excluding carboxylic acids is 1. The van der Waals surface area contributed by atoms with E-state index in [-0.39, 0.29) is 17.3 Å². The number of non-ortho nitro benzene ring substituents is 1. The van der Waals surface area contributed by atoms with Gasteiger partial charge in [-0.3, -0.25) is 14.9 Å². The van der Waals surface area contributed by atoms with E-state index < -0.39 is 4.92 Å². The number of nitrogens with one attached hydrogen (secondary N) is 1. The summed E-state index contributed by atoms with van der Waals surface area (Å²) >= 11 is 1.48. The normalized spacial score (nSPS) is 12.7. The molecule has 23 heavy (non-hydrogen) atoms. The van der Waals surface area contributed by atoms with E-state index in [0.29, 0.717) is 5.69 Å². The van der Waals surface area contributed by atoms with Crippen LogP contribution >= 0.6 is 11.8 Å². The second-order valence-electron chi connectivity index (χ2n) is 5.43. The molecule has 0 fully saturated rings. The van der Waals surface area contributed by atoms with Crippen LogP contribution in [0.1, 0.15) is 17.5 Å². The summed E-state index contributed by atoms with van der Waals surface area (Å²) in [5.74, 6) is 0.109. The highest BCUT2D eigenvalue weighted by Gasteiger charge is 2.12. The van der Waals surface area contributed by atoms with Crippen molar-refractivity contribution in [1.82, 2.24) is 0 Å². The van der Waals surface area contributed by atoms with Crippen LogP contribution in [-0.2, 0) is 17.6 Å². The van der Waals surface area contributed by atoms with Gasteiger partial charge in [0, 0.05) is 22.7 Å². The van der Waals surface area contributed by atoms with Crippen LogP contribution in [-0.4, -0.2) is 16.6 Å². The van der Waals surface area contributed by atoms with E-state index in [2.05, 4.69) is 23.5 Å². The molecule has 1 N–H and O–H groups in total. The average molecular weight is 328 g/mol. The number of carbonyl (C=O) groups is 1. The third-order valence-electron chi connectivity index (χ3n) is 3.78. The third-order valence-corrected chi connectivity index (χ3v) is 4.77. The van der Waals surface area contributed by atoms with Crippen molar-refractivity contribution in [2.24, 2.45) is 0 Å². The molecule has 6 heteroatoms. The zero-order chi connectivity index (χ0) is 16.2. The standard InChI is InChI=1S/C17H16N2O3S/c20-17(18-14-5-2-6-15(10-14)19(21)22)11-23-16-8-7-12-3-1-4-13(12)9-16/h2,5-10H,1,3-4,11H2,(H,18,20). The SMILES string of the molecule is O=C(CSc1ccc2c(c1)CCC2)Nc1cccc([N+](=O)[O-])c1. The number of hydrogen-bond acceptors (Lipinski definition) is 4. The van der Waals surface area contributed by atoms with Crippen LogP contribution < -0.4 is 5.32 Å². The van der Waals surface area contributed by atoms with Crippen molar-refractivity contribution >= 4 is 29.0 Å². The van der Waals surface area contributed by atoms with Crippen molar-refractivity contribution in [3.05, 3.63) is 63.7 Å².